The second-order valence-electron chi connectivity index (χ2n) is 6.81. The highest BCUT2D eigenvalue weighted by Gasteiger charge is 2.37. The Bertz CT molecular complexity index is 928. The fourth-order valence-corrected chi connectivity index (χ4v) is 3.33. The first kappa shape index (κ1) is 19.9. The third-order valence-corrected chi connectivity index (χ3v) is 5.05. The van der Waals surface area contributed by atoms with Gasteiger partial charge in [-0.2, -0.15) is 0 Å². The van der Waals surface area contributed by atoms with Crippen molar-refractivity contribution in [3.05, 3.63) is 58.6 Å². The highest BCUT2D eigenvalue weighted by atomic mass is 35.5. The van der Waals surface area contributed by atoms with Crippen LogP contribution >= 0.6 is 11.6 Å². The molecule has 1 N–H and O–H groups in total. The van der Waals surface area contributed by atoms with E-state index in [1.807, 2.05) is 32.0 Å². The first-order chi connectivity index (χ1) is 13.3. The number of hydrogen-bond acceptors (Lipinski definition) is 4. The van der Waals surface area contributed by atoms with Gasteiger partial charge < -0.3 is 15.0 Å². The lowest BCUT2D eigenvalue weighted by atomic mass is 10.1. The van der Waals surface area contributed by atoms with Crippen LogP contribution < -0.4 is 10.2 Å². The van der Waals surface area contributed by atoms with Crippen LogP contribution in [0.3, 0.4) is 0 Å². The molecular weight excluding hydrogens is 380 g/mol. The molecule has 0 unspecified atom stereocenters. The summed E-state index contributed by atoms with van der Waals surface area (Å²) in [6.07, 6.45) is 0.0459. The Hall–Kier alpha value is -2.86. The van der Waals surface area contributed by atoms with Gasteiger partial charge in [-0.25, -0.2) is 0 Å². The zero-order valence-electron chi connectivity index (χ0n) is 15.7. The molecule has 2 amide bonds. The predicted octanol–water partition coefficient (Wildman–Crippen LogP) is 3.49. The maximum absolute atomic E-state index is 12.4. The second-order valence-corrected chi connectivity index (χ2v) is 7.22. The Balaban J connectivity index is 1.56. The van der Waals surface area contributed by atoms with Crippen LogP contribution in [0, 0.1) is 19.8 Å². The van der Waals surface area contributed by atoms with Gasteiger partial charge >= 0.3 is 5.97 Å². The van der Waals surface area contributed by atoms with E-state index in [4.69, 9.17) is 16.3 Å². The van der Waals surface area contributed by atoms with Gasteiger partial charge in [0.25, 0.3) is 5.91 Å². The van der Waals surface area contributed by atoms with Crippen molar-refractivity contribution in [1.29, 1.82) is 0 Å². The van der Waals surface area contributed by atoms with E-state index in [2.05, 4.69) is 5.32 Å². The van der Waals surface area contributed by atoms with Gasteiger partial charge in [0.15, 0.2) is 6.61 Å². The van der Waals surface area contributed by atoms with E-state index in [-0.39, 0.29) is 18.9 Å². The number of nitrogens with one attached hydrogen (secondary N) is 1. The largest absolute Gasteiger partial charge is 0.455 e. The lowest BCUT2D eigenvalue weighted by Crippen LogP contribution is -2.28. The number of carbonyl (C=O) groups is 3. The molecule has 1 heterocycles. The van der Waals surface area contributed by atoms with Gasteiger partial charge in [-0.15, -0.1) is 0 Å². The van der Waals surface area contributed by atoms with Crippen molar-refractivity contribution in [3.8, 4) is 0 Å². The third-order valence-electron chi connectivity index (χ3n) is 4.64. The smallest absolute Gasteiger partial charge is 0.311 e. The Morgan fingerprint density at radius 3 is 2.71 bits per heavy atom. The van der Waals surface area contributed by atoms with Crippen LogP contribution in [0.2, 0.25) is 5.02 Å². The molecule has 6 nitrogen and oxygen atoms in total. The number of rotatable bonds is 5. The number of carbonyl (C=O) groups excluding carboxylic acids is 3. The summed E-state index contributed by atoms with van der Waals surface area (Å²) in [6, 6.07) is 12.6. The van der Waals surface area contributed by atoms with Gasteiger partial charge in [-0.05, 0) is 49.2 Å². The van der Waals surface area contributed by atoms with Crippen LogP contribution in [-0.4, -0.2) is 30.9 Å². The van der Waals surface area contributed by atoms with E-state index >= 15 is 0 Å². The van der Waals surface area contributed by atoms with Gasteiger partial charge in [0.05, 0.1) is 5.92 Å². The first-order valence-electron chi connectivity index (χ1n) is 8.94. The number of amides is 2. The number of benzene rings is 2. The SMILES string of the molecule is Cc1cccc(NC(=O)COC(=O)[C@@H]2CC(=O)N(c3cccc(Cl)c3C)C2)c1. The van der Waals surface area contributed by atoms with E-state index in [0.717, 1.165) is 11.1 Å². The summed E-state index contributed by atoms with van der Waals surface area (Å²) in [4.78, 5) is 38.2. The zero-order valence-corrected chi connectivity index (χ0v) is 16.5. The molecule has 28 heavy (non-hydrogen) atoms. The predicted molar refractivity (Wildman–Crippen MR) is 107 cm³/mol. The normalized spacial score (nSPS) is 16.2. The topological polar surface area (TPSA) is 75.7 Å². The van der Waals surface area contributed by atoms with Crippen molar-refractivity contribution in [3.63, 3.8) is 0 Å². The van der Waals surface area contributed by atoms with E-state index in [1.54, 1.807) is 29.2 Å². The molecule has 0 bridgehead atoms. The van der Waals surface area contributed by atoms with Gasteiger partial charge in [-0.3, -0.25) is 14.4 Å². The van der Waals surface area contributed by atoms with Crippen LogP contribution in [-0.2, 0) is 19.1 Å². The minimum Gasteiger partial charge on any atom is -0.455 e. The number of anilines is 2. The Labute approximate surface area is 168 Å². The Kier molecular flexibility index (Phi) is 5.99. The average molecular weight is 401 g/mol. The van der Waals surface area contributed by atoms with E-state index < -0.39 is 24.4 Å². The zero-order chi connectivity index (χ0) is 20.3. The maximum Gasteiger partial charge on any atom is 0.311 e. The van der Waals surface area contributed by atoms with Crippen LogP contribution in [0.5, 0.6) is 0 Å². The van der Waals surface area contributed by atoms with Crippen molar-refractivity contribution in [1.82, 2.24) is 0 Å². The highest BCUT2D eigenvalue weighted by molar-refractivity contribution is 6.31. The van der Waals surface area contributed by atoms with Crippen molar-refractivity contribution in [2.24, 2.45) is 5.92 Å². The Morgan fingerprint density at radius 2 is 1.96 bits per heavy atom. The summed E-state index contributed by atoms with van der Waals surface area (Å²) in [5, 5.41) is 3.24. The van der Waals surface area contributed by atoms with Crippen LogP contribution in [0.4, 0.5) is 11.4 Å². The van der Waals surface area contributed by atoms with Crippen molar-refractivity contribution in [2.45, 2.75) is 20.3 Å². The molecule has 7 heteroatoms. The molecule has 0 aromatic heterocycles. The molecule has 1 aliphatic rings. The molecule has 3 rings (SSSR count). The molecule has 1 fully saturated rings. The molecular formula is C21H21ClN2O4. The molecule has 0 aliphatic carbocycles. The van der Waals surface area contributed by atoms with Crippen molar-refractivity contribution < 1.29 is 19.1 Å². The number of nitrogens with zero attached hydrogens (tertiary/aromatic N) is 1. The van der Waals surface area contributed by atoms with Gasteiger partial charge in [-0.1, -0.05) is 29.8 Å². The summed E-state index contributed by atoms with van der Waals surface area (Å²) in [5.74, 6) is -1.77. The van der Waals surface area contributed by atoms with E-state index in [9.17, 15) is 14.4 Å². The van der Waals surface area contributed by atoms with E-state index in [1.165, 1.54) is 0 Å². The van der Waals surface area contributed by atoms with Gasteiger partial charge in [0.1, 0.15) is 0 Å². The number of halogens is 1. The monoisotopic (exact) mass is 400 g/mol. The summed E-state index contributed by atoms with van der Waals surface area (Å²) < 4.78 is 5.12. The molecule has 146 valence electrons. The van der Waals surface area contributed by atoms with Crippen LogP contribution in [0.15, 0.2) is 42.5 Å². The lowest BCUT2D eigenvalue weighted by Gasteiger charge is -2.19. The van der Waals surface area contributed by atoms with E-state index in [0.29, 0.717) is 16.4 Å². The summed E-state index contributed by atoms with van der Waals surface area (Å²) in [7, 11) is 0. The fraction of sp³-hybridized carbons (Fsp3) is 0.286. The quantitative estimate of drug-likeness (QED) is 0.779. The molecule has 2 aromatic rings. The third kappa shape index (κ3) is 4.51. The van der Waals surface area contributed by atoms with Gasteiger partial charge in [0, 0.05) is 29.4 Å². The summed E-state index contributed by atoms with van der Waals surface area (Å²) in [5.41, 5.74) is 3.12. The lowest BCUT2D eigenvalue weighted by molar-refractivity contribution is -0.151. The fourth-order valence-electron chi connectivity index (χ4n) is 3.16. The molecule has 2 aromatic carbocycles. The number of esters is 1. The number of hydrogen-bond donors (Lipinski definition) is 1. The van der Waals surface area contributed by atoms with Crippen molar-refractivity contribution in [2.75, 3.05) is 23.4 Å². The maximum atomic E-state index is 12.4. The molecule has 1 aliphatic heterocycles. The standard InChI is InChI=1S/C21H21ClN2O4/c1-13-5-3-6-16(9-13)23-19(25)12-28-21(27)15-10-20(26)24(11-15)18-8-4-7-17(22)14(18)2/h3-9,15H,10-12H2,1-2H3,(H,23,25)/t15-/m1/s1. The van der Waals surface area contributed by atoms with Gasteiger partial charge in [0.2, 0.25) is 5.91 Å². The summed E-state index contributed by atoms with van der Waals surface area (Å²) >= 11 is 6.13. The molecule has 1 atom stereocenters. The minimum atomic E-state index is -0.613. The highest BCUT2D eigenvalue weighted by Crippen LogP contribution is 2.31. The first-order valence-corrected chi connectivity index (χ1v) is 9.31. The number of aryl methyl sites for hydroxylation is 1. The van der Waals surface area contributed by atoms with Crippen LogP contribution in [0.25, 0.3) is 0 Å². The molecule has 1 saturated heterocycles. The van der Waals surface area contributed by atoms with Crippen molar-refractivity contribution >= 4 is 40.8 Å². The average Bonchev–Trinajstić information content (AvgIpc) is 3.04. The number of ether oxygens (including phenoxy) is 1. The molecule has 0 saturated carbocycles. The van der Waals surface area contributed by atoms with Crippen LogP contribution in [0.1, 0.15) is 17.5 Å². The second kappa shape index (κ2) is 8.44. The Morgan fingerprint density at radius 1 is 1.21 bits per heavy atom. The summed E-state index contributed by atoms with van der Waals surface area (Å²) in [6.45, 7) is 3.55. The minimum absolute atomic E-state index is 0.0459. The molecule has 0 spiro atoms. The molecule has 0 radical (unpaired) electrons.